The molecule has 0 radical (unpaired) electrons. The first-order chi connectivity index (χ1) is 3.84. The van der Waals surface area contributed by atoms with Gasteiger partial charge >= 0.3 is 0 Å². The van der Waals surface area contributed by atoms with Gasteiger partial charge in [0, 0.05) is 13.0 Å². The molecule has 0 N–H and O–H groups in total. The van der Waals surface area contributed by atoms with Crippen LogP contribution in [0.2, 0.25) is 0 Å². The SMILES string of the molecule is O=C1CCCN1CBr. The highest BCUT2D eigenvalue weighted by Crippen LogP contribution is 2.09. The molecule has 8 heavy (non-hydrogen) atoms. The van der Waals surface area contributed by atoms with Crippen LogP contribution in [0.3, 0.4) is 0 Å². The van der Waals surface area contributed by atoms with Gasteiger partial charge in [0.25, 0.3) is 0 Å². The van der Waals surface area contributed by atoms with Crippen LogP contribution < -0.4 is 0 Å². The van der Waals surface area contributed by atoms with E-state index in [-0.39, 0.29) is 5.91 Å². The lowest BCUT2D eigenvalue weighted by Gasteiger charge is -2.08. The number of nitrogens with zero attached hydrogens (tertiary/aromatic N) is 1. The molecule has 0 atom stereocenters. The third kappa shape index (κ3) is 1.02. The Morgan fingerprint density at radius 3 is 2.75 bits per heavy atom. The van der Waals surface area contributed by atoms with Crippen LogP contribution in [0.4, 0.5) is 0 Å². The van der Waals surface area contributed by atoms with Crippen LogP contribution in [0.5, 0.6) is 0 Å². The minimum absolute atomic E-state index is 0.280. The predicted octanol–water partition coefficient (Wildman–Crippen LogP) is 0.961. The van der Waals surface area contributed by atoms with Crippen LogP contribution in [0.15, 0.2) is 0 Å². The first kappa shape index (κ1) is 6.08. The summed E-state index contributed by atoms with van der Waals surface area (Å²) in [6, 6.07) is 0. The molecule has 0 bridgehead atoms. The first-order valence-corrected chi connectivity index (χ1v) is 3.80. The Bertz CT molecular complexity index is 105. The van der Waals surface area contributed by atoms with Gasteiger partial charge in [-0.2, -0.15) is 0 Å². The highest BCUT2D eigenvalue weighted by atomic mass is 79.9. The van der Waals surface area contributed by atoms with Crippen LogP contribution in [0.1, 0.15) is 12.8 Å². The highest BCUT2D eigenvalue weighted by molar-refractivity contribution is 9.09. The zero-order chi connectivity index (χ0) is 5.98. The number of carbonyl (C=O) groups excluding carboxylic acids is 1. The Labute approximate surface area is 57.0 Å². The number of hydrogen-bond acceptors (Lipinski definition) is 1. The Morgan fingerprint density at radius 1 is 1.75 bits per heavy atom. The number of carbonyl (C=O) groups is 1. The molecule has 0 aliphatic carbocycles. The Hall–Kier alpha value is -0.0500. The van der Waals surface area contributed by atoms with Crippen LogP contribution >= 0.6 is 15.9 Å². The summed E-state index contributed by atoms with van der Waals surface area (Å²) in [7, 11) is 0. The molecular formula is C5H8BrNO. The van der Waals surface area contributed by atoms with Crippen LogP contribution in [0, 0.1) is 0 Å². The molecule has 0 aromatic heterocycles. The summed E-state index contributed by atoms with van der Waals surface area (Å²) in [5.74, 6) is 0.280. The Morgan fingerprint density at radius 2 is 2.50 bits per heavy atom. The molecule has 1 heterocycles. The highest BCUT2D eigenvalue weighted by Gasteiger charge is 2.17. The van der Waals surface area contributed by atoms with Crippen molar-refractivity contribution in [3.63, 3.8) is 0 Å². The fraction of sp³-hybridized carbons (Fsp3) is 0.800. The van der Waals surface area contributed by atoms with E-state index in [0.717, 1.165) is 19.4 Å². The Kier molecular flexibility index (Phi) is 1.89. The molecule has 1 saturated heterocycles. The van der Waals surface area contributed by atoms with E-state index in [4.69, 9.17) is 0 Å². The summed E-state index contributed by atoms with van der Waals surface area (Å²) in [5.41, 5.74) is 0.700. The van der Waals surface area contributed by atoms with E-state index in [1.54, 1.807) is 4.90 Å². The molecule has 46 valence electrons. The summed E-state index contributed by atoms with van der Waals surface area (Å²) in [6.45, 7) is 0.935. The molecule has 0 saturated carbocycles. The van der Waals surface area contributed by atoms with Gasteiger partial charge in [-0.15, -0.1) is 0 Å². The van der Waals surface area contributed by atoms with Crippen molar-refractivity contribution in [1.29, 1.82) is 0 Å². The van der Waals surface area contributed by atoms with Crippen molar-refractivity contribution < 1.29 is 4.79 Å². The quantitative estimate of drug-likeness (QED) is 0.432. The van der Waals surface area contributed by atoms with Crippen molar-refractivity contribution in [1.82, 2.24) is 4.90 Å². The van der Waals surface area contributed by atoms with E-state index >= 15 is 0 Å². The van der Waals surface area contributed by atoms with Crippen LogP contribution in [-0.2, 0) is 4.79 Å². The second-order valence-electron chi connectivity index (χ2n) is 1.88. The molecule has 1 aliphatic heterocycles. The number of alkyl halides is 1. The molecule has 0 aromatic rings. The molecule has 1 aliphatic rings. The summed E-state index contributed by atoms with van der Waals surface area (Å²) in [6.07, 6.45) is 1.77. The number of rotatable bonds is 1. The summed E-state index contributed by atoms with van der Waals surface area (Å²) in [5, 5.41) is 0. The molecule has 0 unspecified atom stereocenters. The number of likely N-dealkylation sites (tertiary alicyclic amines) is 1. The fourth-order valence-electron chi connectivity index (χ4n) is 0.830. The van der Waals surface area contributed by atoms with E-state index in [1.165, 1.54) is 0 Å². The minimum Gasteiger partial charge on any atom is -0.333 e. The molecular weight excluding hydrogens is 170 g/mol. The van der Waals surface area contributed by atoms with Gasteiger partial charge in [0.2, 0.25) is 5.91 Å². The van der Waals surface area contributed by atoms with Crippen molar-refractivity contribution in [2.75, 3.05) is 12.0 Å². The standard InChI is InChI=1S/C5H8BrNO/c6-4-7-3-1-2-5(7)8/h1-4H2. The first-order valence-electron chi connectivity index (χ1n) is 2.68. The smallest absolute Gasteiger partial charge is 0.223 e. The monoisotopic (exact) mass is 177 g/mol. The van der Waals surface area contributed by atoms with Crippen molar-refractivity contribution in [2.24, 2.45) is 0 Å². The second-order valence-corrected chi connectivity index (χ2v) is 2.38. The average Bonchev–Trinajstić information content (AvgIpc) is 2.14. The Balaban J connectivity index is 2.42. The van der Waals surface area contributed by atoms with E-state index in [0.29, 0.717) is 5.45 Å². The maximum Gasteiger partial charge on any atom is 0.223 e. The maximum absolute atomic E-state index is 10.7. The third-order valence-electron chi connectivity index (χ3n) is 1.32. The van der Waals surface area contributed by atoms with Crippen LogP contribution in [0.25, 0.3) is 0 Å². The third-order valence-corrected chi connectivity index (χ3v) is 1.92. The lowest BCUT2D eigenvalue weighted by Crippen LogP contribution is -2.21. The van der Waals surface area contributed by atoms with Crippen LogP contribution in [-0.4, -0.2) is 22.8 Å². The fourth-order valence-corrected chi connectivity index (χ4v) is 1.36. The lowest BCUT2D eigenvalue weighted by atomic mass is 10.4. The summed E-state index contributed by atoms with van der Waals surface area (Å²) >= 11 is 3.22. The summed E-state index contributed by atoms with van der Waals surface area (Å²) in [4.78, 5) is 12.5. The van der Waals surface area contributed by atoms with Crippen molar-refractivity contribution >= 4 is 21.8 Å². The molecule has 1 rings (SSSR count). The van der Waals surface area contributed by atoms with E-state index in [1.807, 2.05) is 0 Å². The van der Waals surface area contributed by atoms with E-state index in [9.17, 15) is 4.79 Å². The largest absolute Gasteiger partial charge is 0.333 e. The predicted molar refractivity (Wildman–Crippen MR) is 34.7 cm³/mol. The minimum atomic E-state index is 0.280. The zero-order valence-electron chi connectivity index (χ0n) is 4.56. The van der Waals surface area contributed by atoms with Crippen molar-refractivity contribution in [3.8, 4) is 0 Å². The molecule has 1 amide bonds. The van der Waals surface area contributed by atoms with Gasteiger partial charge in [-0.05, 0) is 6.42 Å². The molecule has 0 spiro atoms. The maximum atomic E-state index is 10.7. The van der Waals surface area contributed by atoms with E-state index < -0.39 is 0 Å². The van der Waals surface area contributed by atoms with Gasteiger partial charge in [0.15, 0.2) is 0 Å². The summed E-state index contributed by atoms with van der Waals surface area (Å²) < 4.78 is 0. The number of amides is 1. The van der Waals surface area contributed by atoms with Crippen molar-refractivity contribution in [3.05, 3.63) is 0 Å². The molecule has 2 nitrogen and oxygen atoms in total. The average molecular weight is 178 g/mol. The van der Waals surface area contributed by atoms with Crippen molar-refractivity contribution in [2.45, 2.75) is 12.8 Å². The van der Waals surface area contributed by atoms with Gasteiger partial charge in [-0.3, -0.25) is 4.79 Å². The van der Waals surface area contributed by atoms with Gasteiger partial charge in [-0.25, -0.2) is 0 Å². The van der Waals surface area contributed by atoms with Gasteiger partial charge in [-0.1, -0.05) is 15.9 Å². The van der Waals surface area contributed by atoms with E-state index in [2.05, 4.69) is 15.9 Å². The van der Waals surface area contributed by atoms with Gasteiger partial charge < -0.3 is 4.90 Å². The van der Waals surface area contributed by atoms with Gasteiger partial charge in [0.05, 0.1) is 5.45 Å². The zero-order valence-corrected chi connectivity index (χ0v) is 6.15. The normalized spacial score (nSPS) is 20.1. The molecule has 1 fully saturated rings. The number of halogens is 1. The number of hydrogen-bond donors (Lipinski definition) is 0. The van der Waals surface area contributed by atoms with Gasteiger partial charge in [0.1, 0.15) is 0 Å². The second kappa shape index (κ2) is 2.49. The topological polar surface area (TPSA) is 20.3 Å². The lowest BCUT2D eigenvalue weighted by molar-refractivity contribution is -0.126. The molecule has 0 aromatic carbocycles. The molecule has 3 heteroatoms.